The molecular weight excluding hydrogens is 1150 g/mol. The summed E-state index contributed by atoms with van der Waals surface area (Å²) < 4.78 is 26.5. The molecule has 13 heteroatoms. The number of aromatic nitrogens is 6. The Labute approximate surface area is 547 Å². The van der Waals surface area contributed by atoms with Gasteiger partial charge in [-0.2, -0.15) is 0 Å². The Morgan fingerprint density at radius 1 is 0.400 bits per heavy atom. The maximum atomic E-state index is 5.36. The minimum atomic E-state index is 0.444. The van der Waals surface area contributed by atoms with Gasteiger partial charge >= 0.3 is 0 Å². The fourth-order valence-corrected chi connectivity index (χ4v) is 19.1. The molecule has 0 amide bonds. The van der Waals surface area contributed by atoms with Crippen molar-refractivity contribution in [2.24, 2.45) is 23.7 Å². The molecule has 7 aromatic rings. The van der Waals surface area contributed by atoms with E-state index in [0.29, 0.717) is 71.9 Å². The summed E-state index contributed by atoms with van der Waals surface area (Å²) in [6, 6.07) is 6.60. The molecule has 488 valence electrons. The normalized spacial score (nSPS) is 32.1. The Hall–Kier alpha value is -5.66. The average molecular weight is 1260 g/mol. The van der Waals surface area contributed by atoms with Crippen molar-refractivity contribution in [1.29, 1.82) is 0 Å². The van der Waals surface area contributed by atoms with Gasteiger partial charge in [0, 0.05) is 80.6 Å². The van der Waals surface area contributed by atoms with Crippen LogP contribution >= 0.6 is 22.7 Å². The zero-order valence-corrected chi connectivity index (χ0v) is 59.4. The molecule has 0 fully saturated rings. The molecular formula is C77H108N6O5S2. The average Bonchev–Trinajstić information content (AvgIpc) is 4.09. The van der Waals surface area contributed by atoms with Gasteiger partial charge in [0.2, 0.25) is 6.79 Å². The van der Waals surface area contributed by atoms with Crippen LogP contribution in [0.1, 0.15) is 350 Å². The van der Waals surface area contributed by atoms with E-state index in [1.165, 1.54) is 120 Å². The molecule has 0 saturated heterocycles. The van der Waals surface area contributed by atoms with Crippen molar-refractivity contribution in [3.05, 3.63) is 173 Å². The Kier molecular flexibility index (Phi) is 22.1. The van der Waals surface area contributed by atoms with E-state index in [-0.39, 0.29) is 0 Å². The van der Waals surface area contributed by atoms with Gasteiger partial charge in [-0.3, -0.25) is 0 Å². The van der Waals surface area contributed by atoms with Crippen molar-refractivity contribution < 1.29 is 22.7 Å². The molecule has 90 heavy (non-hydrogen) atoms. The van der Waals surface area contributed by atoms with Crippen molar-refractivity contribution in [2.45, 2.75) is 272 Å². The van der Waals surface area contributed by atoms with E-state index in [2.05, 4.69) is 196 Å². The number of thiophene rings is 1. The highest BCUT2D eigenvalue weighted by Gasteiger charge is 2.36. The molecule has 8 heterocycles. The number of hydrogen-bond donors (Lipinski definition) is 2. The van der Waals surface area contributed by atoms with Gasteiger partial charge in [0.1, 0.15) is 28.8 Å². The second-order valence-corrected chi connectivity index (χ2v) is 31.2. The molecule has 1 aliphatic heterocycles. The lowest BCUT2D eigenvalue weighted by atomic mass is 10.0. The smallest absolute Gasteiger partial charge is 0.230 e. The summed E-state index contributed by atoms with van der Waals surface area (Å²) in [7, 11) is 0. The molecule has 11 nitrogen and oxygen atoms in total. The first-order valence-electron chi connectivity index (χ1n) is 34.6. The maximum Gasteiger partial charge on any atom is 0.230 e. The third kappa shape index (κ3) is 14.7. The monoisotopic (exact) mass is 1260 g/mol. The van der Waals surface area contributed by atoms with Crippen molar-refractivity contribution in [2.75, 3.05) is 6.79 Å². The maximum absolute atomic E-state index is 5.36. The number of nitrogens with one attached hydrogen (secondary N) is 2. The summed E-state index contributed by atoms with van der Waals surface area (Å²) in [6.45, 7) is 41.1. The second kappa shape index (κ2) is 29.5. The van der Waals surface area contributed by atoms with Crippen molar-refractivity contribution in [3.8, 4) is 0 Å². The minimum Gasteiger partial charge on any atom is -0.469 e. The first-order chi connectivity index (χ1) is 43.1. The van der Waals surface area contributed by atoms with Crippen LogP contribution < -0.4 is 0 Å². The number of rotatable bonds is 0. The van der Waals surface area contributed by atoms with Crippen LogP contribution in [0.2, 0.25) is 0 Å². The van der Waals surface area contributed by atoms with Crippen LogP contribution in [-0.4, -0.2) is 36.7 Å². The molecule has 2 N–H and O–H groups in total. The highest BCUT2D eigenvalue weighted by atomic mass is 32.1. The SMILES string of the molecule is CC1CC(C)C2=C1C=CC2.CC1CC(C)C2=C1OCO2.CC1CC(C)c2[nH]ccc21.CC1CC(C)c2[nH]cnc21.CC1CC(C)c2occc21.CC1CC(C)c2ocnc21.CC1CC(C)c2ocnc21.CC1CC(C)c2sccc21.CC1CC(C)c2scnc21. The largest absolute Gasteiger partial charge is 0.469 e. The van der Waals surface area contributed by atoms with Crippen LogP contribution in [0.3, 0.4) is 0 Å². The lowest BCUT2D eigenvalue weighted by Gasteiger charge is -2.08. The molecule has 18 rings (SSSR count). The lowest BCUT2D eigenvalue weighted by Crippen LogP contribution is -2.00. The number of nitrogens with zero attached hydrogens (tertiary/aromatic N) is 4. The first kappa shape index (κ1) is 67.2. The summed E-state index contributed by atoms with van der Waals surface area (Å²) in [6.07, 6.45) is 26.1. The summed E-state index contributed by atoms with van der Waals surface area (Å²) in [4.78, 5) is 26.6. The van der Waals surface area contributed by atoms with Gasteiger partial charge in [0.25, 0.3) is 0 Å². The van der Waals surface area contributed by atoms with E-state index in [1.54, 1.807) is 47.0 Å². The highest BCUT2D eigenvalue weighted by molar-refractivity contribution is 7.10. The molecule has 0 aromatic carbocycles. The fourth-order valence-electron chi connectivity index (χ4n) is 17.1. The first-order valence-corrected chi connectivity index (χ1v) is 36.4. The van der Waals surface area contributed by atoms with Crippen LogP contribution in [0, 0.1) is 23.7 Å². The summed E-state index contributed by atoms with van der Waals surface area (Å²) >= 11 is 3.74. The van der Waals surface area contributed by atoms with E-state index in [4.69, 9.17) is 22.7 Å². The molecule has 0 radical (unpaired) electrons. The van der Waals surface area contributed by atoms with Crippen LogP contribution in [-0.2, 0) is 9.47 Å². The number of fused-ring (bicyclic) bond motifs is 7. The van der Waals surface area contributed by atoms with Gasteiger partial charge in [-0.15, -0.1) is 22.7 Å². The fraction of sp³-hybridized carbons (Fsp3) is 0.610. The zero-order chi connectivity index (χ0) is 64.2. The number of ether oxygens (including phenoxy) is 2. The second-order valence-electron chi connectivity index (χ2n) is 29.4. The number of aromatic amines is 2. The number of furan rings is 1. The summed E-state index contributed by atoms with van der Waals surface area (Å²) in [5.41, 5.74) is 17.7. The summed E-state index contributed by atoms with van der Waals surface area (Å²) in [5, 5.41) is 2.22. The molecule has 10 aliphatic carbocycles. The molecule has 18 atom stereocenters. The molecule has 0 saturated carbocycles. The summed E-state index contributed by atoms with van der Waals surface area (Å²) in [5.74, 6) is 18.2. The topological polar surface area (TPSA) is 141 Å². The predicted molar refractivity (Wildman–Crippen MR) is 368 cm³/mol. The standard InChI is InChI=1S/C10H14.C9H13N.C9H12O.C9H12S.C8H12N2.2C8H11NO.C8H11NS.C8H12O2/c1-7-6-8(2)10-5-3-4-9(7)10;3*1-6-5-7(2)9-8(6)3-4-10-9;5*1-5-3-6(2)8-7(5)9-4-10-8/h3-4,7-8H,5-6H2,1-2H3;3-4,6-7,10H,5H2,1-2H3;2*3-4,6-7H,5H2,1-2H3;4-6H,3H2,1-2H3,(H,9,10);3*4-6H,3H2,1-2H3;5-6H,3-4H2,1-2H3. The van der Waals surface area contributed by atoms with Crippen LogP contribution in [0.5, 0.6) is 0 Å². The molecule has 0 bridgehead atoms. The van der Waals surface area contributed by atoms with Gasteiger partial charge in [-0.05, 0) is 163 Å². The third-order valence-electron chi connectivity index (χ3n) is 21.6. The van der Waals surface area contributed by atoms with E-state index < -0.39 is 0 Å². The van der Waals surface area contributed by atoms with Crippen LogP contribution in [0.25, 0.3) is 0 Å². The van der Waals surface area contributed by atoms with E-state index in [1.807, 2.05) is 28.2 Å². The quantitative estimate of drug-likeness (QED) is 0.152. The number of thiazole rings is 1. The van der Waals surface area contributed by atoms with Gasteiger partial charge in [-0.1, -0.05) is 142 Å². The minimum absolute atomic E-state index is 0.444. The van der Waals surface area contributed by atoms with E-state index in [9.17, 15) is 0 Å². The number of imidazole rings is 1. The number of H-pyrrole nitrogens is 2. The Balaban J connectivity index is 0.000000111. The van der Waals surface area contributed by atoms with Crippen molar-refractivity contribution in [3.63, 3.8) is 0 Å². The van der Waals surface area contributed by atoms with Gasteiger partial charge in [0.05, 0.1) is 40.9 Å². The Bertz CT molecular complexity index is 2830. The van der Waals surface area contributed by atoms with Crippen LogP contribution in [0.4, 0.5) is 0 Å². The molecule has 18 unspecified atom stereocenters. The number of allylic oxidation sites excluding steroid dienone is 6. The predicted octanol–water partition coefficient (Wildman–Crippen LogP) is 23.0. The number of hydrogen-bond acceptors (Lipinski definition) is 11. The van der Waals surface area contributed by atoms with Gasteiger partial charge in [0.15, 0.2) is 12.8 Å². The van der Waals surface area contributed by atoms with Crippen molar-refractivity contribution in [1.82, 2.24) is 29.9 Å². The van der Waals surface area contributed by atoms with Crippen molar-refractivity contribution >= 4 is 22.7 Å². The van der Waals surface area contributed by atoms with E-state index in [0.717, 1.165) is 64.5 Å². The zero-order valence-electron chi connectivity index (χ0n) is 57.7. The molecule has 11 aliphatic rings. The van der Waals surface area contributed by atoms with Crippen LogP contribution in [0.15, 0.2) is 109 Å². The highest BCUT2D eigenvalue weighted by Crippen LogP contribution is 2.48. The Morgan fingerprint density at radius 3 is 1.52 bits per heavy atom. The molecule has 0 spiro atoms. The lowest BCUT2D eigenvalue weighted by molar-refractivity contribution is 0.0458. The van der Waals surface area contributed by atoms with Gasteiger partial charge in [-0.25, -0.2) is 19.9 Å². The van der Waals surface area contributed by atoms with Gasteiger partial charge < -0.3 is 32.7 Å². The third-order valence-corrected chi connectivity index (χ3v) is 23.8. The molecule has 7 aromatic heterocycles. The van der Waals surface area contributed by atoms with E-state index >= 15 is 0 Å². The Morgan fingerprint density at radius 2 is 0.922 bits per heavy atom. The number of oxazole rings is 2.